The van der Waals surface area contributed by atoms with Gasteiger partial charge in [0.05, 0.1) is 0 Å². The second kappa shape index (κ2) is 10.7. The molecule has 1 aliphatic heterocycles. The first kappa shape index (κ1) is 21.9. The maximum atomic E-state index is 11.4. The number of unbranched alkanes of at least 4 members (excludes halogenated alkanes) is 9. The largest absolute Gasteiger partial charge is 0.479 e. The average Bonchev–Trinajstić information content (AvgIpc) is 2.84. The van der Waals surface area contributed by atoms with Crippen molar-refractivity contribution in [1.82, 2.24) is 0 Å². The van der Waals surface area contributed by atoms with Gasteiger partial charge in [-0.15, -0.1) is 0 Å². The normalized spacial score (nSPS) is 25.6. The highest BCUT2D eigenvalue weighted by Crippen LogP contribution is 2.30. The summed E-state index contributed by atoms with van der Waals surface area (Å²) in [5, 5.41) is 38.8. The maximum absolute atomic E-state index is 11.4. The molecule has 1 fully saturated rings. The van der Waals surface area contributed by atoms with Crippen molar-refractivity contribution in [1.29, 1.82) is 0 Å². The Morgan fingerprint density at radius 1 is 1.00 bits per heavy atom. The van der Waals surface area contributed by atoms with Gasteiger partial charge in [-0.05, 0) is 12.8 Å². The van der Waals surface area contributed by atoms with Gasteiger partial charge in [-0.3, -0.25) is 0 Å². The lowest BCUT2D eigenvalue weighted by Crippen LogP contribution is -2.54. The first-order valence-corrected chi connectivity index (χ1v) is 9.37. The fourth-order valence-electron chi connectivity index (χ4n) is 3.20. The summed E-state index contributed by atoms with van der Waals surface area (Å²) < 4.78 is 4.68. The lowest BCUT2D eigenvalue weighted by molar-refractivity contribution is -0.184. The molecule has 0 saturated carbocycles. The highest BCUT2D eigenvalue weighted by molar-refractivity contribution is 5.83. The smallest absolute Gasteiger partial charge is 0.339 e. The first-order valence-electron chi connectivity index (χ1n) is 9.37. The van der Waals surface area contributed by atoms with Gasteiger partial charge in [0.25, 0.3) is 0 Å². The van der Waals surface area contributed by atoms with Crippen LogP contribution in [0.3, 0.4) is 0 Å². The number of hydrogen-bond acceptors (Lipinski definition) is 6. The molecule has 0 amide bonds. The van der Waals surface area contributed by atoms with E-state index in [2.05, 4.69) is 11.7 Å². The van der Waals surface area contributed by atoms with Crippen LogP contribution >= 0.6 is 0 Å². The Labute approximate surface area is 149 Å². The molecule has 0 aromatic carbocycles. The van der Waals surface area contributed by atoms with Gasteiger partial charge < -0.3 is 25.2 Å². The van der Waals surface area contributed by atoms with Crippen molar-refractivity contribution in [3.63, 3.8) is 0 Å². The molecule has 4 atom stereocenters. The van der Waals surface area contributed by atoms with E-state index in [0.717, 1.165) is 25.7 Å². The minimum Gasteiger partial charge on any atom is -0.479 e. The first-order chi connectivity index (χ1) is 11.8. The van der Waals surface area contributed by atoms with Crippen LogP contribution in [-0.2, 0) is 14.3 Å². The third-order valence-electron chi connectivity index (χ3n) is 4.87. The van der Waals surface area contributed by atoms with Crippen LogP contribution in [0.4, 0.5) is 0 Å². The van der Waals surface area contributed by atoms with E-state index in [0.29, 0.717) is 6.42 Å². The number of carbonyl (C=O) groups excluding carboxylic acids is 1. The molecule has 1 rings (SSSR count). The number of aliphatic hydroxyl groups is 3. The predicted molar refractivity (Wildman–Crippen MR) is 90.9 cm³/mol. The Morgan fingerprint density at radius 3 is 1.88 bits per heavy atom. The van der Waals surface area contributed by atoms with E-state index in [1.807, 2.05) is 0 Å². The van der Waals surface area contributed by atoms with Crippen LogP contribution in [-0.4, -0.2) is 56.3 Å². The molecule has 0 spiro atoms. The number of carboxylic acid groups (broad SMARTS) is 1. The zero-order valence-electron chi connectivity index (χ0n) is 15.0. The van der Waals surface area contributed by atoms with Crippen molar-refractivity contribution >= 4 is 11.9 Å². The lowest BCUT2D eigenvalue weighted by Gasteiger charge is -2.30. The van der Waals surface area contributed by atoms with Crippen molar-refractivity contribution in [3.05, 3.63) is 0 Å². The van der Waals surface area contributed by atoms with Gasteiger partial charge in [0.15, 0.2) is 12.2 Å². The third kappa shape index (κ3) is 6.24. The molecule has 1 heterocycles. The number of carboxylic acids is 1. The zero-order valence-corrected chi connectivity index (χ0v) is 15.0. The molecule has 4 N–H and O–H groups in total. The topological polar surface area (TPSA) is 124 Å². The predicted octanol–water partition coefficient (Wildman–Crippen LogP) is 1.76. The fraction of sp³-hybridized carbons (Fsp3) is 0.889. The van der Waals surface area contributed by atoms with Crippen LogP contribution in [0.2, 0.25) is 0 Å². The van der Waals surface area contributed by atoms with Gasteiger partial charge >= 0.3 is 11.9 Å². The minimum atomic E-state index is -2.38. The highest BCUT2D eigenvalue weighted by Gasteiger charge is 2.57. The molecule has 1 unspecified atom stereocenters. The number of carbonyl (C=O) groups is 2. The van der Waals surface area contributed by atoms with Gasteiger partial charge in [-0.25, -0.2) is 9.59 Å². The Morgan fingerprint density at radius 2 is 1.48 bits per heavy atom. The van der Waals surface area contributed by atoms with Gasteiger partial charge in [0.1, 0.15) is 6.10 Å². The molecule has 0 bridgehead atoms. The summed E-state index contributed by atoms with van der Waals surface area (Å²) in [5.74, 6) is -2.67. The van der Waals surface area contributed by atoms with E-state index in [9.17, 15) is 30.0 Å². The Hall–Kier alpha value is -1.18. The molecular formula is C18H32O7. The second-order valence-corrected chi connectivity index (χ2v) is 6.95. The highest BCUT2D eigenvalue weighted by atomic mass is 16.6. The molecule has 25 heavy (non-hydrogen) atoms. The van der Waals surface area contributed by atoms with Crippen LogP contribution in [0.5, 0.6) is 0 Å². The molecule has 0 radical (unpaired) electrons. The molecule has 7 nitrogen and oxygen atoms in total. The number of hydrogen-bond donors (Lipinski definition) is 4. The van der Waals surface area contributed by atoms with Crippen molar-refractivity contribution in [3.8, 4) is 0 Å². The summed E-state index contributed by atoms with van der Waals surface area (Å²) in [7, 11) is 0. The number of rotatable bonds is 13. The van der Waals surface area contributed by atoms with E-state index in [4.69, 9.17) is 0 Å². The van der Waals surface area contributed by atoms with Crippen molar-refractivity contribution in [2.45, 2.75) is 101 Å². The minimum absolute atomic E-state index is 0.138. The molecule has 0 aromatic heterocycles. The number of aliphatic carboxylic acids is 1. The molecule has 1 saturated heterocycles. The van der Waals surface area contributed by atoms with Crippen LogP contribution in [0.25, 0.3) is 0 Å². The summed E-state index contributed by atoms with van der Waals surface area (Å²) in [5.41, 5.74) is -2.38. The molecule has 0 aliphatic carbocycles. The Bertz CT molecular complexity index is 426. The van der Waals surface area contributed by atoms with Crippen molar-refractivity contribution in [2.24, 2.45) is 0 Å². The van der Waals surface area contributed by atoms with Gasteiger partial charge in [0.2, 0.25) is 5.60 Å². The second-order valence-electron chi connectivity index (χ2n) is 6.95. The fourth-order valence-corrected chi connectivity index (χ4v) is 3.20. The third-order valence-corrected chi connectivity index (χ3v) is 4.87. The molecular weight excluding hydrogens is 328 g/mol. The maximum Gasteiger partial charge on any atom is 0.339 e. The van der Waals surface area contributed by atoms with E-state index in [1.165, 1.54) is 32.1 Å². The van der Waals surface area contributed by atoms with Crippen LogP contribution in [0.1, 0.15) is 77.6 Å². The van der Waals surface area contributed by atoms with E-state index in [1.54, 1.807) is 0 Å². The van der Waals surface area contributed by atoms with Gasteiger partial charge in [-0.1, -0.05) is 64.7 Å². The zero-order chi connectivity index (χ0) is 18.9. The average molecular weight is 360 g/mol. The summed E-state index contributed by atoms with van der Waals surface area (Å²) >= 11 is 0. The van der Waals surface area contributed by atoms with Gasteiger partial charge in [-0.2, -0.15) is 0 Å². The SMILES string of the molecule is CCCCCCCCCCCCC(O)(C(=O)O)[C@H]1OC(=O)[C@@H](O)[C@H]1O. The van der Waals surface area contributed by atoms with Gasteiger partial charge in [0, 0.05) is 0 Å². The van der Waals surface area contributed by atoms with Crippen molar-refractivity contribution in [2.75, 3.05) is 0 Å². The summed E-state index contributed by atoms with van der Waals surface area (Å²) in [4.78, 5) is 22.7. The number of ether oxygens (including phenoxy) is 1. The molecule has 1 aliphatic rings. The quantitative estimate of drug-likeness (QED) is 0.291. The number of aliphatic hydroxyl groups excluding tert-OH is 2. The van der Waals surface area contributed by atoms with E-state index < -0.39 is 35.9 Å². The molecule has 7 heteroatoms. The summed E-state index contributed by atoms with van der Waals surface area (Å²) in [6.45, 7) is 2.19. The van der Waals surface area contributed by atoms with Crippen LogP contribution in [0, 0.1) is 0 Å². The standard InChI is InChI=1S/C18H32O7/c1-2-3-4-5-6-7-8-9-10-11-12-18(24,17(22)23)15-13(19)14(20)16(21)25-15/h13-15,19-20,24H,2-12H2,1H3,(H,22,23)/t13-,14+,15+,18?/m1/s1. The number of cyclic esters (lactones) is 1. The Balaban J connectivity index is 2.30. The molecule has 146 valence electrons. The monoisotopic (exact) mass is 360 g/mol. The number of esters is 1. The Kier molecular flexibility index (Phi) is 9.38. The van der Waals surface area contributed by atoms with Crippen molar-refractivity contribution < 1.29 is 34.8 Å². The van der Waals surface area contributed by atoms with E-state index >= 15 is 0 Å². The van der Waals surface area contributed by atoms with E-state index in [-0.39, 0.29) is 6.42 Å². The van der Waals surface area contributed by atoms with Crippen LogP contribution in [0.15, 0.2) is 0 Å². The van der Waals surface area contributed by atoms with Crippen LogP contribution < -0.4 is 0 Å². The summed E-state index contributed by atoms with van der Waals surface area (Å²) in [6.07, 6.45) is 5.26. The molecule has 0 aromatic rings. The lowest BCUT2D eigenvalue weighted by atomic mass is 9.86. The summed E-state index contributed by atoms with van der Waals surface area (Å²) in [6, 6.07) is 0.